The highest BCUT2D eigenvalue weighted by Crippen LogP contribution is 2.16. The van der Waals surface area contributed by atoms with Crippen LogP contribution in [-0.4, -0.2) is 32.9 Å². The number of esters is 1. The smallest absolute Gasteiger partial charge is 0.307 e. The molecular formula is C14H20N2O5S. The number of ether oxygens (including phenoxy) is 1. The van der Waals surface area contributed by atoms with E-state index in [1.54, 1.807) is 26.0 Å². The number of sulfonamides is 1. The summed E-state index contributed by atoms with van der Waals surface area (Å²) in [6, 6.07) is 5.09. The molecule has 0 bridgehead atoms. The molecule has 1 aromatic carbocycles. The number of amides is 1. The number of hydrogen-bond donors (Lipinski definition) is 2. The van der Waals surface area contributed by atoms with Gasteiger partial charge in [-0.05, 0) is 38.0 Å². The summed E-state index contributed by atoms with van der Waals surface area (Å²) >= 11 is 0. The molecule has 0 spiro atoms. The van der Waals surface area contributed by atoms with Crippen molar-refractivity contribution in [3.05, 3.63) is 29.3 Å². The van der Waals surface area contributed by atoms with E-state index in [9.17, 15) is 18.0 Å². The van der Waals surface area contributed by atoms with E-state index in [1.165, 1.54) is 6.92 Å². The Labute approximate surface area is 129 Å². The molecule has 0 aliphatic heterocycles. The molecule has 0 aliphatic rings. The Morgan fingerprint density at radius 1 is 1.32 bits per heavy atom. The third-order valence-corrected chi connectivity index (χ3v) is 4.57. The molecule has 0 fully saturated rings. The number of benzene rings is 1. The van der Waals surface area contributed by atoms with E-state index in [1.807, 2.05) is 6.07 Å². The van der Waals surface area contributed by atoms with Crippen molar-refractivity contribution in [2.24, 2.45) is 5.73 Å². The second-order valence-corrected chi connectivity index (χ2v) is 6.69. The first-order valence-electron chi connectivity index (χ1n) is 6.69. The minimum absolute atomic E-state index is 0.125. The molecular weight excluding hydrogens is 308 g/mol. The van der Waals surface area contributed by atoms with Gasteiger partial charge in [-0.15, -0.1) is 0 Å². The molecule has 7 nitrogen and oxygen atoms in total. The summed E-state index contributed by atoms with van der Waals surface area (Å²) in [5.74, 6) is -1.46. The zero-order chi connectivity index (χ0) is 16.9. The van der Waals surface area contributed by atoms with E-state index in [-0.39, 0.29) is 17.9 Å². The molecule has 0 aromatic heterocycles. The summed E-state index contributed by atoms with van der Waals surface area (Å²) in [4.78, 5) is 22.4. The van der Waals surface area contributed by atoms with Crippen LogP contribution in [0.5, 0.6) is 0 Å². The molecule has 1 atom stereocenters. The van der Waals surface area contributed by atoms with Gasteiger partial charge in [-0.3, -0.25) is 9.59 Å². The minimum Gasteiger partial charge on any atom is -0.453 e. The van der Waals surface area contributed by atoms with Crippen molar-refractivity contribution in [3.63, 3.8) is 0 Å². The molecule has 0 unspecified atom stereocenters. The van der Waals surface area contributed by atoms with E-state index in [0.717, 1.165) is 5.56 Å². The van der Waals surface area contributed by atoms with Crippen molar-refractivity contribution in [2.45, 2.75) is 38.2 Å². The summed E-state index contributed by atoms with van der Waals surface area (Å²) in [5, 5.41) is 0. The maximum Gasteiger partial charge on any atom is 0.307 e. The van der Waals surface area contributed by atoms with Gasteiger partial charge in [0, 0.05) is 6.54 Å². The summed E-state index contributed by atoms with van der Waals surface area (Å²) in [6.45, 7) is 4.71. The Morgan fingerprint density at radius 2 is 1.95 bits per heavy atom. The van der Waals surface area contributed by atoms with Gasteiger partial charge in [0.15, 0.2) is 6.10 Å². The van der Waals surface area contributed by atoms with E-state index in [0.29, 0.717) is 5.56 Å². The van der Waals surface area contributed by atoms with E-state index >= 15 is 0 Å². The minimum atomic E-state index is -3.70. The first kappa shape index (κ1) is 18.1. The predicted octanol–water partition coefficient (Wildman–Crippen LogP) is 0.389. The number of carbonyl (C=O) groups excluding carboxylic acids is 2. The molecule has 1 amide bonds. The summed E-state index contributed by atoms with van der Waals surface area (Å²) in [6.07, 6.45) is -1.23. The Bertz CT molecular complexity index is 670. The molecule has 0 aliphatic carbocycles. The van der Waals surface area contributed by atoms with Crippen LogP contribution >= 0.6 is 0 Å². The average molecular weight is 328 g/mol. The number of nitrogens with two attached hydrogens (primary N) is 1. The van der Waals surface area contributed by atoms with Crippen LogP contribution in [0.3, 0.4) is 0 Å². The van der Waals surface area contributed by atoms with Gasteiger partial charge in [0.25, 0.3) is 5.91 Å². The molecule has 0 radical (unpaired) electrons. The SMILES string of the molecule is Cc1ccc(C)c(S(=O)(=O)NCCC(=O)O[C@H](C)C(N)=O)c1. The Balaban J connectivity index is 2.62. The molecule has 0 heterocycles. The van der Waals surface area contributed by atoms with Crippen molar-refractivity contribution < 1.29 is 22.7 Å². The molecule has 22 heavy (non-hydrogen) atoms. The third-order valence-electron chi connectivity index (χ3n) is 2.96. The van der Waals surface area contributed by atoms with Crippen molar-refractivity contribution in [3.8, 4) is 0 Å². The van der Waals surface area contributed by atoms with Crippen molar-refractivity contribution in [1.82, 2.24) is 4.72 Å². The van der Waals surface area contributed by atoms with Crippen LogP contribution < -0.4 is 10.5 Å². The third kappa shape index (κ3) is 5.12. The monoisotopic (exact) mass is 328 g/mol. The Kier molecular flexibility index (Phi) is 6.07. The second kappa shape index (κ2) is 7.37. The van der Waals surface area contributed by atoms with E-state index in [4.69, 9.17) is 10.5 Å². The standard InChI is InChI=1S/C14H20N2O5S/c1-9-4-5-10(2)12(8-9)22(19,20)16-7-6-13(17)21-11(3)14(15)18/h4-5,8,11,16H,6-7H2,1-3H3,(H2,15,18)/t11-/m1/s1. The molecule has 0 saturated carbocycles. The van der Waals surface area contributed by atoms with Crippen molar-refractivity contribution in [1.29, 1.82) is 0 Å². The Morgan fingerprint density at radius 3 is 2.55 bits per heavy atom. The van der Waals surface area contributed by atoms with Crippen molar-refractivity contribution >= 4 is 21.9 Å². The molecule has 122 valence electrons. The van der Waals surface area contributed by atoms with Gasteiger partial charge >= 0.3 is 5.97 Å². The fourth-order valence-corrected chi connectivity index (χ4v) is 3.04. The largest absolute Gasteiger partial charge is 0.453 e. The molecule has 0 saturated heterocycles. The summed E-state index contributed by atoms with van der Waals surface area (Å²) in [7, 11) is -3.70. The fraction of sp³-hybridized carbons (Fsp3) is 0.429. The van der Waals surface area contributed by atoms with Crippen LogP contribution in [0.4, 0.5) is 0 Å². The maximum absolute atomic E-state index is 12.2. The zero-order valence-corrected chi connectivity index (χ0v) is 13.6. The summed E-state index contributed by atoms with van der Waals surface area (Å²) in [5.41, 5.74) is 6.40. The molecule has 3 N–H and O–H groups in total. The first-order chi connectivity index (χ1) is 10.1. The van der Waals surface area contributed by atoms with Gasteiger partial charge in [0.1, 0.15) is 0 Å². The average Bonchev–Trinajstić information content (AvgIpc) is 2.40. The lowest BCUT2D eigenvalue weighted by atomic mass is 10.2. The maximum atomic E-state index is 12.2. The molecule has 1 rings (SSSR count). The quantitative estimate of drug-likeness (QED) is 0.702. The van der Waals surface area contributed by atoms with Crippen LogP contribution in [0.25, 0.3) is 0 Å². The lowest BCUT2D eigenvalue weighted by Crippen LogP contribution is -2.32. The molecule has 8 heteroatoms. The van der Waals surface area contributed by atoms with Gasteiger partial charge in [-0.2, -0.15) is 0 Å². The lowest BCUT2D eigenvalue weighted by molar-refractivity contribution is -0.153. The summed E-state index contributed by atoms with van der Waals surface area (Å²) < 4.78 is 31.4. The van der Waals surface area contributed by atoms with Crippen molar-refractivity contribution in [2.75, 3.05) is 6.54 Å². The van der Waals surface area contributed by atoms with Crippen LogP contribution in [0.2, 0.25) is 0 Å². The van der Waals surface area contributed by atoms with Gasteiger partial charge in [0.05, 0.1) is 11.3 Å². The molecule has 1 aromatic rings. The van der Waals surface area contributed by atoms with Crippen LogP contribution in [0, 0.1) is 13.8 Å². The van der Waals surface area contributed by atoms with Crippen LogP contribution in [-0.2, 0) is 24.3 Å². The number of rotatable bonds is 7. The second-order valence-electron chi connectivity index (χ2n) is 4.95. The van der Waals surface area contributed by atoms with Crippen LogP contribution in [0.1, 0.15) is 24.5 Å². The van der Waals surface area contributed by atoms with Gasteiger partial charge in [0.2, 0.25) is 10.0 Å². The zero-order valence-electron chi connectivity index (χ0n) is 12.8. The normalized spacial score (nSPS) is 12.7. The highest BCUT2D eigenvalue weighted by Gasteiger charge is 2.18. The number of primary amides is 1. The fourth-order valence-electron chi connectivity index (χ4n) is 1.68. The predicted molar refractivity (Wildman–Crippen MR) is 80.5 cm³/mol. The number of aryl methyl sites for hydroxylation is 2. The van der Waals surface area contributed by atoms with E-state index in [2.05, 4.69) is 4.72 Å². The number of hydrogen-bond acceptors (Lipinski definition) is 5. The Hall–Kier alpha value is -1.93. The topological polar surface area (TPSA) is 116 Å². The lowest BCUT2D eigenvalue weighted by Gasteiger charge is -2.11. The number of nitrogens with one attached hydrogen (secondary N) is 1. The van der Waals surface area contributed by atoms with Crippen LogP contribution in [0.15, 0.2) is 23.1 Å². The highest BCUT2D eigenvalue weighted by molar-refractivity contribution is 7.89. The van der Waals surface area contributed by atoms with E-state index < -0.39 is 28.0 Å². The van der Waals surface area contributed by atoms with Gasteiger partial charge in [-0.25, -0.2) is 13.1 Å². The first-order valence-corrected chi connectivity index (χ1v) is 8.17. The highest BCUT2D eigenvalue weighted by atomic mass is 32.2. The van der Waals surface area contributed by atoms with Gasteiger partial charge < -0.3 is 10.5 Å². The number of carbonyl (C=O) groups is 2. The van der Waals surface area contributed by atoms with Gasteiger partial charge in [-0.1, -0.05) is 12.1 Å².